The third kappa shape index (κ3) is 2.80. The van der Waals surface area contributed by atoms with Gasteiger partial charge in [0.25, 0.3) is 0 Å². The van der Waals surface area contributed by atoms with Gasteiger partial charge in [-0.15, -0.1) is 5.10 Å². The molecule has 0 aliphatic carbocycles. The first-order valence-electron chi connectivity index (χ1n) is 3.49. The van der Waals surface area contributed by atoms with Gasteiger partial charge in [0.1, 0.15) is 6.54 Å². The number of nitrogen functional groups attached to an aromatic ring is 1. The molecule has 1 aromatic rings. The predicted molar refractivity (Wildman–Crippen MR) is 38.5 cm³/mol. The maximum Gasteiger partial charge on any atom is 0.437 e. The van der Waals surface area contributed by atoms with Gasteiger partial charge in [-0.25, -0.2) is 10.6 Å². The average molecular weight is 226 g/mol. The number of hydrogen-bond acceptors (Lipinski definition) is 5. The summed E-state index contributed by atoms with van der Waals surface area (Å²) in [5, 5.41) is 2.99. The van der Waals surface area contributed by atoms with Crippen molar-refractivity contribution in [2.75, 3.05) is 0 Å². The van der Waals surface area contributed by atoms with Gasteiger partial charge in [-0.2, -0.15) is 17.9 Å². The smallest absolute Gasteiger partial charge is 0.382 e. The van der Waals surface area contributed by atoms with E-state index < -0.39 is 30.3 Å². The van der Waals surface area contributed by atoms with E-state index in [9.17, 15) is 22.8 Å². The van der Waals surface area contributed by atoms with Crippen molar-refractivity contribution in [1.82, 2.24) is 15.2 Å². The number of hydrazine groups is 1. The van der Waals surface area contributed by atoms with Crippen molar-refractivity contribution >= 4 is 5.91 Å². The van der Waals surface area contributed by atoms with Crippen LogP contribution in [0, 0.1) is 0 Å². The van der Waals surface area contributed by atoms with Crippen molar-refractivity contribution in [2.24, 2.45) is 5.84 Å². The van der Waals surface area contributed by atoms with Crippen LogP contribution in [0.15, 0.2) is 9.21 Å². The molecule has 15 heavy (non-hydrogen) atoms. The van der Waals surface area contributed by atoms with Crippen LogP contribution in [-0.2, 0) is 6.54 Å². The number of carbonyl (C=O) groups is 1. The van der Waals surface area contributed by atoms with Crippen molar-refractivity contribution < 1.29 is 22.4 Å². The van der Waals surface area contributed by atoms with Crippen LogP contribution in [0.2, 0.25) is 0 Å². The zero-order valence-corrected chi connectivity index (χ0v) is 7.04. The molecule has 0 aliphatic heterocycles. The van der Waals surface area contributed by atoms with Crippen molar-refractivity contribution in [3.05, 3.63) is 16.4 Å². The molecule has 0 aliphatic rings. The van der Waals surface area contributed by atoms with Gasteiger partial charge < -0.3 is 4.42 Å². The number of alkyl halides is 3. The minimum atomic E-state index is -4.63. The SMILES string of the molecule is NNC(=O)c1nn(CC(F)(F)F)c(=O)o1. The Bertz CT molecular complexity index is 420. The fraction of sp³-hybridized carbons (Fsp3) is 0.400. The summed E-state index contributed by atoms with van der Waals surface area (Å²) in [5.74, 6) is 1.36. The van der Waals surface area contributed by atoms with Crippen LogP contribution in [0.1, 0.15) is 10.7 Å². The summed E-state index contributed by atoms with van der Waals surface area (Å²) in [5.41, 5.74) is 1.56. The third-order valence-corrected chi connectivity index (χ3v) is 1.26. The second kappa shape index (κ2) is 3.73. The summed E-state index contributed by atoms with van der Waals surface area (Å²) < 4.78 is 39.6. The molecule has 0 bridgehead atoms. The molecular weight excluding hydrogens is 221 g/mol. The molecule has 0 radical (unpaired) electrons. The molecule has 0 fully saturated rings. The van der Waals surface area contributed by atoms with Crippen LogP contribution in [0.3, 0.4) is 0 Å². The molecule has 84 valence electrons. The van der Waals surface area contributed by atoms with Crippen LogP contribution < -0.4 is 17.0 Å². The highest BCUT2D eigenvalue weighted by atomic mass is 19.4. The summed E-state index contributed by atoms with van der Waals surface area (Å²) in [6, 6.07) is 0. The molecule has 1 aromatic heterocycles. The molecule has 3 N–H and O–H groups in total. The largest absolute Gasteiger partial charge is 0.437 e. The fourth-order valence-corrected chi connectivity index (χ4v) is 0.729. The van der Waals surface area contributed by atoms with Crippen LogP contribution >= 0.6 is 0 Å². The molecule has 7 nitrogen and oxygen atoms in total. The number of nitrogens with two attached hydrogens (primary N) is 1. The summed E-state index contributed by atoms with van der Waals surface area (Å²) in [4.78, 5) is 21.5. The molecule has 0 saturated carbocycles. The van der Waals surface area contributed by atoms with E-state index in [1.54, 1.807) is 5.43 Å². The van der Waals surface area contributed by atoms with Crippen molar-refractivity contribution in [1.29, 1.82) is 0 Å². The Labute approximate surface area is 79.6 Å². The summed E-state index contributed by atoms with van der Waals surface area (Å²) >= 11 is 0. The second-order valence-electron chi connectivity index (χ2n) is 2.42. The van der Waals surface area contributed by atoms with Gasteiger partial charge >= 0.3 is 23.7 Å². The van der Waals surface area contributed by atoms with Crippen LogP contribution in [0.4, 0.5) is 13.2 Å². The topological polar surface area (TPSA) is 103 Å². The minimum absolute atomic E-state index is 0.0232. The van der Waals surface area contributed by atoms with Crippen molar-refractivity contribution in [3.8, 4) is 0 Å². The van der Waals surface area contributed by atoms with Gasteiger partial charge in [-0.05, 0) is 0 Å². The van der Waals surface area contributed by atoms with E-state index in [0.29, 0.717) is 0 Å². The van der Waals surface area contributed by atoms with Crippen LogP contribution in [0.5, 0.6) is 0 Å². The fourth-order valence-electron chi connectivity index (χ4n) is 0.729. The van der Waals surface area contributed by atoms with E-state index in [1.807, 2.05) is 0 Å². The van der Waals surface area contributed by atoms with Crippen LogP contribution in [-0.4, -0.2) is 21.9 Å². The second-order valence-corrected chi connectivity index (χ2v) is 2.42. The van der Waals surface area contributed by atoms with Gasteiger partial charge in [0.05, 0.1) is 0 Å². The normalized spacial score (nSPS) is 11.5. The van der Waals surface area contributed by atoms with Gasteiger partial charge in [0, 0.05) is 0 Å². The number of amides is 1. The molecule has 0 unspecified atom stereocenters. The quantitative estimate of drug-likeness (QED) is 0.382. The summed E-state index contributed by atoms with van der Waals surface area (Å²) in [6.45, 7) is -1.63. The average Bonchev–Trinajstić information content (AvgIpc) is 2.44. The maximum atomic E-state index is 11.8. The lowest BCUT2D eigenvalue weighted by Crippen LogP contribution is -2.30. The maximum absolute atomic E-state index is 11.8. The molecule has 0 saturated heterocycles. The molecule has 0 aromatic carbocycles. The first kappa shape index (κ1) is 11.2. The highest BCUT2D eigenvalue weighted by Crippen LogP contribution is 2.15. The number of hydrogen-bond donors (Lipinski definition) is 2. The first-order chi connectivity index (χ1) is 6.83. The van der Waals surface area contributed by atoms with Gasteiger partial charge in [-0.3, -0.25) is 10.2 Å². The van der Waals surface area contributed by atoms with E-state index in [4.69, 9.17) is 0 Å². The van der Waals surface area contributed by atoms with Gasteiger partial charge in [-0.1, -0.05) is 0 Å². The monoisotopic (exact) mass is 226 g/mol. The zero-order valence-electron chi connectivity index (χ0n) is 7.04. The molecule has 1 amide bonds. The Kier molecular flexibility index (Phi) is 2.79. The number of halogens is 3. The molecule has 0 spiro atoms. The van der Waals surface area contributed by atoms with Crippen molar-refractivity contribution in [3.63, 3.8) is 0 Å². The van der Waals surface area contributed by atoms with Crippen LogP contribution in [0.25, 0.3) is 0 Å². The minimum Gasteiger partial charge on any atom is -0.382 e. The van der Waals surface area contributed by atoms with E-state index in [0.717, 1.165) is 0 Å². The zero-order chi connectivity index (χ0) is 11.6. The van der Waals surface area contributed by atoms with E-state index in [2.05, 4.69) is 15.4 Å². The van der Waals surface area contributed by atoms with Crippen molar-refractivity contribution in [2.45, 2.75) is 12.7 Å². The lowest BCUT2D eigenvalue weighted by Gasteiger charge is -2.02. The lowest BCUT2D eigenvalue weighted by atomic mass is 10.6. The highest BCUT2D eigenvalue weighted by Gasteiger charge is 2.31. The highest BCUT2D eigenvalue weighted by molar-refractivity contribution is 5.88. The Hall–Kier alpha value is -1.84. The molecule has 10 heteroatoms. The molecule has 0 atom stereocenters. The number of nitrogens with one attached hydrogen (secondary N) is 1. The number of nitrogens with zero attached hydrogens (tertiary/aromatic N) is 2. The van der Waals surface area contributed by atoms with E-state index in [-0.39, 0.29) is 4.68 Å². The summed E-state index contributed by atoms with van der Waals surface area (Å²) in [6.07, 6.45) is -4.63. The Morgan fingerprint density at radius 2 is 2.20 bits per heavy atom. The number of carbonyl (C=O) groups excluding carboxylic acids is 1. The standard InChI is InChI=1S/C5H5F3N4O3/c6-5(7,8)1-12-4(14)15-3(11-12)2(13)10-9/h1,9H2,(H,10,13). The van der Waals surface area contributed by atoms with Gasteiger partial charge in [0.2, 0.25) is 0 Å². The predicted octanol–water partition coefficient (Wildman–Crippen LogP) is -0.998. The van der Waals surface area contributed by atoms with Gasteiger partial charge in [0.15, 0.2) is 0 Å². The lowest BCUT2D eigenvalue weighted by molar-refractivity contribution is -0.143. The Morgan fingerprint density at radius 1 is 1.60 bits per heavy atom. The molecular formula is C5H5F3N4O3. The van der Waals surface area contributed by atoms with E-state index >= 15 is 0 Å². The Balaban J connectivity index is 2.97. The molecule has 1 rings (SSSR count). The number of rotatable bonds is 2. The van der Waals surface area contributed by atoms with E-state index in [1.165, 1.54) is 0 Å². The third-order valence-electron chi connectivity index (χ3n) is 1.26. The summed E-state index contributed by atoms with van der Waals surface area (Å²) in [7, 11) is 0. The molecule has 1 heterocycles. The number of aromatic nitrogens is 2. The first-order valence-corrected chi connectivity index (χ1v) is 3.49. The Morgan fingerprint density at radius 3 is 2.67 bits per heavy atom.